The number of carbonyl (C=O) groups is 1. The molecule has 0 unspecified atom stereocenters. The fourth-order valence-electron chi connectivity index (χ4n) is 2.01. The first kappa shape index (κ1) is 16.2. The van der Waals surface area contributed by atoms with E-state index in [1.807, 2.05) is 28.1 Å². The van der Waals surface area contributed by atoms with Crippen molar-refractivity contribution in [3.8, 4) is 0 Å². The van der Waals surface area contributed by atoms with Gasteiger partial charge in [-0.3, -0.25) is 0 Å². The fraction of sp³-hybridized carbons (Fsp3) is 0.625. The second-order valence-electron chi connectivity index (χ2n) is 7.53. The number of hydrogen-bond acceptors (Lipinski definition) is 1. The minimum atomic E-state index is -0.279. The monoisotopic (exact) mass is 255 g/mol. The van der Waals surface area contributed by atoms with Gasteiger partial charge in [0.25, 0.3) is 0 Å². The van der Waals surface area contributed by atoms with E-state index in [4.69, 9.17) is 0 Å². The van der Waals surface area contributed by atoms with Gasteiger partial charge in [-0.25, -0.2) is 0 Å². The third-order valence-electron chi connectivity index (χ3n) is 3.09. The van der Waals surface area contributed by atoms with E-state index in [2.05, 4.69) is 45.8 Å². The molecule has 0 atom stereocenters. The van der Waals surface area contributed by atoms with E-state index in [0.717, 1.165) is 12.7 Å². The van der Waals surface area contributed by atoms with E-state index in [1.54, 1.807) is 0 Å². The molecule has 0 spiro atoms. The number of carbonyl (C=O) groups excluding carboxylic acids is 1. The van der Waals surface area contributed by atoms with Crippen molar-refractivity contribution in [3.05, 3.63) is 29.1 Å². The molecule has 0 amide bonds. The van der Waals surface area contributed by atoms with Crippen molar-refractivity contribution in [2.75, 3.05) is 0 Å². The average Bonchev–Trinajstić information content (AvgIpc) is 2.24. The van der Waals surface area contributed by atoms with Crippen molar-refractivity contribution in [2.24, 2.45) is 10.8 Å². The van der Waals surface area contributed by atoms with Gasteiger partial charge in [0.05, 0.1) is 0 Å². The zero-order valence-corrected chi connectivity index (χ0v) is 13.2. The van der Waals surface area contributed by atoms with Gasteiger partial charge in [0, 0.05) is 0 Å². The summed E-state index contributed by atoms with van der Waals surface area (Å²) in [7, 11) is 1.83. The fourth-order valence-corrected chi connectivity index (χ4v) is 2.01. The summed E-state index contributed by atoms with van der Waals surface area (Å²) in [6.45, 7) is 14.8. The molecule has 1 nitrogen and oxygen atoms in total. The van der Waals surface area contributed by atoms with Gasteiger partial charge in [-0.15, -0.1) is 0 Å². The standard InChI is InChI=1S/C16H25B2O/c1-15(2,3)10-13-12(8-7-9-17-13)11-18-14(19)16(4,5)6/h7-9H,10-11H2,1-6H3. The van der Waals surface area contributed by atoms with Gasteiger partial charge in [0.1, 0.15) is 0 Å². The molecule has 0 fully saturated rings. The molecule has 1 rings (SSSR count). The van der Waals surface area contributed by atoms with Crippen molar-refractivity contribution in [3.63, 3.8) is 0 Å². The molecule has 0 N–H and O–H groups in total. The Hall–Kier alpha value is -0.850. The van der Waals surface area contributed by atoms with Crippen LogP contribution in [0.25, 0.3) is 0 Å². The summed E-state index contributed by atoms with van der Waals surface area (Å²) in [5, 5.41) is 0. The van der Waals surface area contributed by atoms with Crippen LogP contribution >= 0.6 is 0 Å². The molecule has 1 radical (unpaired) electrons. The summed E-state index contributed by atoms with van der Waals surface area (Å²) >= 11 is 0. The van der Waals surface area contributed by atoms with Crippen LogP contribution in [0, 0.1) is 10.8 Å². The summed E-state index contributed by atoms with van der Waals surface area (Å²) in [5.74, 6) is 2.08. The first-order chi connectivity index (χ1) is 8.59. The van der Waals surface area contributed by atoms with Gasteiger partial charge in [0.15, 0.2) is 0 Å². The average molecular weight is 255 g/mol. The summed E-state index contributed by atoms with van der Waals surface area (Å²) < 4.78 is 0. The van der Waals surface area contributed by atoms with Crippen LogP contribution < -0.4 is 0 Å². The van der Waals surface area contributed by atoms with E-state index in [9.17, 15) is 4.79 Å². The Morgan fingerprint density at radius 1 is 1.21 bits per heavy atom. The zero-order chi connectivity index (χ0) is 14.7. The molecular weight excluding hydrogens is 230 g/mol. The van der Waals surface area contributed by atoms with Gasteiger partial charge in [0.2, 0.25) is 0 Å². The molecule has 1 aromatic heterocycles. The van der Waals surface area contributed by atoms with Crippen molar-refractivity contribution >= 4 is 19.9 Å². The molecule has 0 saturated carbocycles. The van der Waals surface area contributed by atoms with Crippen LogP contribution in [0.3, 0.4) is 0 Å². The maximum absolute atomic E-state index is 12.0. The molecular formula is C16H25B2O. The van der Waals surface area contributed by atoms with Crippen LogP contribution in [-0.2, 0) is 17.5 Å². The van der Waals surface area contributed by atoms with Crippen LogP contribution in [0.15, 0.2) is 18.1 Å². The molecule has 3 heteroatoms. The van der Waals surface area contributed by atoms with Crippen LogP contribution in [0.5, 0.6) is 0 Å². The second-order valence-corrected chi connectivity index (χ2v) is 7.53. The Morgan fingerprint density at radius 3 is 2.37 bits per heavy atom. The van der Waals surface area contributed by atoms with E-state index in [0.29, 0.717) is 0 Å². The van der Waals surface area contributed by atoms with Gasteiger partial charge in [-0.1, -0.05) is 0 Å². The third-order valence-corrected chi connectivity index (χ3v) is 3.09. The van der Waals surface area contributed by atoms with Crippen molar-refractivity contribution in [1.29, 1.82) is 0 Å². The number of hydrogen-bond donors (Lipinski definition) is 0. The van der Waals surface area contributed by atoms with E-state index < -0.39 is 0 Å². The molecule has 1 aromatic rings. The van der Waals surface area contributed by atoms with E-state index >= 15 is 0 Å². The summed E-state index contributed by atoms with van der Waals surface area (Å²) in [5.41, 5.74) is 2.84. The normalized spacial score (nSPS) is 12.1. The maximum atomic E-state index is 12.0. The predicted octanol–water partition coefficient (Wildman–Crippen LogP) is 3.39. The number of rotatable bonds is 4. The SMILES string of the molecule is CC(C)(C)Cc1bcccc1C[B]C(=O)C(C)(C)C. The third kappa shape index (κ3) is 5.76. The first-order valence-electron chi connectivity index (χ1n) is 7.04. The van der Waals surface area contributed by atoms with Gasteiger partial charge < -0.3 is 0 Å². The van der Waals surface area contributed by atoms with E-state index in [-0.39, 0.29) is 16.5 Å². The van der Waals surface area contributed by atoms with Gasteiger partial charge in [-0.2, -0.15) is 0 Å². The summed E-state index contributed by atoms with van der Waals surface area (Å²) in [6, 6.07) is 4.18. The Labute approximate surface area is 119 Å². The van der Waals surface area contributed by atoms with Gasteiger partial charge in [-0.05, 0) is 0 Å². The van der Waals surface area contributed by atoms with Crippen molar-refractivity contribution in [2.45, 2.75) is 54.3 Å². The molecule has 19 heavy (non-hydrogen) atoms. The molecule has 101 valence electrons. The Kier molecular flexibility index (Phi) is 5.18. The van der Waals surface area contributed by atoms with Crippen molar-refractivity contribution < 1.29 is 4.79 Å². The summed E-state index contributed by atoms with van der Waals surface area (Å²) in [4.78, 5) is 12.0. The Morgan fingerprint density at radius 2 is 1.84 bits per heavy atom. The molecule has 0 aliphatic rings. The van der Waals surface area contributed by atoms with Gasteiger partial charge >= 0.3 is 119 Å². The van der Waals surface area contributed by atoms with Crippen LogP contribution in [0.1, 0.15) is 52.6 Å². The van der Waals surface area contributed by atoms with Crippen LogP contribution in [0.2, 0.25) is 0 Å². The van der Waals surface area contributed by atoms with Crippen LogP contribution in [0.4, 0.5) is 0 Å². The molecule has 0 aliphatic heterocycles. The minimum absolute atomic E-state index is 0.220. The predicted molar refractivity (Wildman–Crippen MR) is 84.9 cm³/mol. The molecule has 0 saturated heterocycles. The molecule has 0 aromatic carbocycles. The second kappa shape index (κ2) is 6.07. The quantitative estimate of drug-likeness (QED) is 0.753. The molecule has 0 aliphatic carbocycles. The first-order valence-corrected chi connectivity index (χ1v) is 7.04. The van der Waals surface area contributed by atoms with E-state index in [1.165, 1.54) is 11.0 Å². The topological polar surface area (TPSA) is 17.1 Å². The van der Waals surface area contributed by atoms with Crippen LogP contribution in [-0.4, -0.2) is 19.9 Å². The zero-order valence-electron chi connectivity index (χ0n) is 13.2. The molecule has 0 bridgehead atoms. The summed E-state index contributed by atoms with van der Waals surface area (Å²) in [6.07, 6.45) is 1.78. The van der Waals surface area contributed by atoms with Crippen molar-refractivity contribution in [1.82, 2.24) is 0 Å². The Balaban J connectivity index is 2.77. The molecule has 1 heterocycles. The Bertz CT molecular complexity index is 439.